The van der Waals surface area contributed by atoms with Crippen molar-refractivity contribution in [1.29, 1.82) is 0 Å². The van der Waals surface area contributed by atoms with E-state index >= 15 is 0 Å². The van der Waals surface area contributed by atoms with Gasteiger partial charge in [-0.15, -0.1) is 0 Å². The van der Waals surface area contributed by atoms with Gasteiger partial charge in [0.25, 0.3) is 0 Å². The molecule has 0 atom stereocenters. The largest absolute Gasteiger partial charge is 1.00 e. The molecule has 13 heteroatoms. The molecule has 0 aromatic heterocycles. The van der Waals surface area contributed by atoms with Crippen molar-refractivity contribution in [1.82, 2.24) is 5.32 Å². The Hall–Kier alpha value is 4.26. The van der Waals surface area contributed by atoms with Crippen LogP contribution in [-0.2, 0) is 9.13 Å². The van der Waals surface area contributed by atoms with Crippen molar-refractivity contribution in [2.75, 3.05) is 0 Å². The van der Waals surface area contributed by atoms with Gasteiger partial charge in [-0.1, -0.05) is 25.7 Å². The van der Waals surface area contributed by atoms with E-state index in [0.29, 0.717) is 12.8 Å². The van der Waals surface area contributed by atoms with Crippen LogP contribution in [0.5, 0.6) is 0 Å². The third-order valence-corrected chi connectivity index (χ3v) is 6.03. The molecule has 0 radical (unpaired) electrons. The average molecular weight is 375 g/mol. The summed E-state index contributed by atoms with van der Waals surface area (Å²) in [5, 5.41) is 2.20. The normalized spacial score (nSPS) is 16.6. The molecule has 0 aromatic carbocycles. The Labute approximate surface area is 214 Å². The molecule has 1 rings (SSSR count). The van der Waals surface area contributed by atoms with Crippen molar-refractivity contribution in [3.8, 4) is 0 Å². The number of hydrogen-bond donors (Lipinski definition) is 1. The molecule has 1 aliphatic rings. The van der Waals surface area contributed by atoms with Crippen molar-refractivity contribution in [3.63, 3.8) is 0 Å². The Morgan fingerprint density at radius 1 is 0.762 bits per heavy atom. The first-order valence-corrected chi connectivity index (χ1v) is 8.73. The Kier molecular flexibility index (Phi) is 24.0. The molecule has 21 heavy (non-hydrogen) atoms. The van der Waals surface area contributed by atoms with E-state index in [2.05, 4.69) is 5.32 Å². The van der Waals surface area contributed by atoms with Crippen LogP contribution in [0.15, 0.2) is 0 Å². The zero-order valence-electron chi connectivity index (χ0n) is 13.2. The van der Waals surface area contributed by atoms with Gasteiger partial charge in [-0.2, -0.15) is 0 Å². The van der Waals surface area contributed by atoms with Gasteiger partial charge in [0.15, 0.2) is 0 Å². The average Bonchev–Trinajstić information content (AvgIpc) is 2.38. The summed E-state index contributed by atoms with van der Waals surface area (Å²) < 4.78 is 21.6. The van der Waals surface area contributed by atoms with Gasteiger partial charge in [0.1, 0.15) is 0 Å². The van der Waals surface area contributed by atoms with Crippen LogP contribution < -0.4 is 143 Å². The van der Waals surface area contributed by atoms with E-state index in [-0.39, 0.29) is 118 Å². The number of nitrogens with one attached hydrogen (secondary N) is 1. The molecule has 1 fully saturated rings. The van der Waals surface area contributed by atoms with Crippen LogP contribution in [0.2, 0.25) is 0 Å². The smallest absolute Gasteiger partial charge is 0.809 e. The van der Waals surface area contributed by atoms with Crippen LogP contribution in [0, 0.1) is 0 Å². The van der Waals surface area contributed by atoms with Crippen molar-refractivity contribution >= 4 is 15.2 Å². The van der Waals surface area contributed by atoms with Crippen LogP contribution in [0.1, 0.15) is 38.5 Å². The summed E-state index contributed by atoms with van der Waals surface area (Å²) in [4.78, 5) is 43.1. The van der Waals surface area contributed by atoms with Crippen LogP contribution >= 0.6 is 15.2 Å². The molecule has 0 aliphatic heterocycles. The maximum atomic E-state index is 10.8. The van der Waals surface area contributed by atoms with Crippen LogP contribution in [0.4, 0.5) is 0 Å². The van der Waals surface area contributed by atoms with Gasteiger partial charge >= 0.3 is 118 Å². The summed E-state index contributed by atoms with van der Waals surface area (Å²) in [7, 11) is -11.0. The molecule has 0 spiro atoms. The van der Waals surface area contributed by atoms with Gasteiger partial charge in [-0.25, -0.2) is 0 Å². The van der Waals surface area contributed by atoms with E-state index in [4.69, 9.17) is 0 Å². The van der Waals surface area contributed by atoms with Gasteiger partial charge in [0.2, 0.25) is 0 Å². The third kappa shape index (κ3) is 14.0. The number of hydrogen-bond acceptors (Lipinski definition) is 7. The van der Waals surface area contributed by atoms with E-state index in [9.17, 15) is 28.7 Å². The second kappa shape index (κ2) is 15.3. The Morgan fingerprint density at radius 2 is 1.10 bits per heavy atom. The van der Waals surface area contributed by atoms with Crippen LogP contribution in [-0.4, -0.2) is 11.6 Å². The molecule has 0 amide bonds. The predicted octanol–water partition coefficient (Wildman–Crippen LogP) is -13.6. The maximum absolute atomic E-state index is 10.8. The van der Waals surface area contributed by atoms with Gasteiger partial charge in [-0.3, -0.25) is 0 Å². The molecular weight excluding hydrogens is 360 g/mol. The molecular formula is C8H15NNa4O6P2. The Morgan fingerprint density at radius 3 is 1.38 bits per heavy atom. The Balaban J connectivity index is -0.000000361. The SMILES string of the molecule is O=P([O-])([O-])C(NC1CCCCCC1)P(=O)([O-])[O-].[Na+].[Na+].[Na+].[Na+]. The second-order valence-corrected chi connectivity index (χ2v) is 7.91. The summed E-state index contributed by atoms with van der Waals surface area (Å²) in [6.07, 6.45) is 4.79. The van der Waals surface area contributed by atoms with E-state index in [1.165, 1.54) is 0 Å². The van der Waals surface area contributed by atoms with E-state index in [1.54, 1.807) is 0 Å². The molecule has 1 saturated carbocycles. The van der Waals surface area contributed by atoms with E-state index < -0.39 is 26.8 Å². The summed E-state index contributed by atoms with van der Waals surface area (Å²) in [5.41, 5.74) is -2.52. The first-order valence-electron chi connectivity index (χ1n) is 5.51. The van der Waals surface area contributed by atoms with Crippen molar-refractivity contribution < 1.29 is 147 Å². The molecule has 7 nitrogen and oxygen atoms in total. The minimum Gasteiger partial charge on any atom is -0.809 e. The first kappa shape index (κ1) is 32.9. The standard InChI is InChI=1S/C8H19NO6P2.4Na/c10-16(11,12)8(17(13,14)15)9-7-5-3-1-2-4-6-7;;;;/h7-9H,1-6H2,(H2,10,11,12)(H2,13,14,15);;;;/q;4*+1/p-4. The second-order valence-electron chi connectivity index (χ2n) is 4.31. The van der Waals surface area contributed by atoms with Gasteiger partial charge in [0.05, 0.1) is 5.52 Å². The molecule has 0 bridgehead atoms. The molecule has 0 aromatic rings. The molecule has 0 heterocycles. The minimum atomic E-state index is -5.48. The summed E-state index contributed by atoms with van der Waals surface area (Å²) in [5.74, 6) is 0. The monoisotopic (exact) mass is 375 g/mol. The zero-order valence-corrected chi connectivity index (χ0v) is 23.0. The van der Waals surface area contributed by atoms with Crippen molar-refractivity contribution in [2.24, 2.45) is 0 Å². The van der Waals surface area contributed by atoms with Crippen molar-refractivity contribution in [3.05, 3.63) is 0 Å². The van der Waals surface area contributed by atoms with E-state index in [1.807, 2.05) is 0 Å². The molecule has 0 unspecified atom stereocenters. The molecule has 1 aliphatic carbocycles. The van der Waals surface area contributed by atoms with Crippen LogP contribution in [0.25, 0.3) is 0 Å². The fraction of sp³-hybridized carbons (Fsp3) is 1.00. The van der Waals surface area contributed by atoms with Gasteiger partial charge in [-0.05, 0) is 28.0 Å². The fourth-order valence-corrected chi connectivity index (χ4v) is 4.19. The minimum absolute atomic E-state index is 0. The molecule has 0 saturated heterocycles. The maximum Gasteiger partial charge on any atom is 1.00 e. The summed E-state index contributed by atoms with van der Waals surface area (Å²) in [6.45, 7) is 0. The zero-order chi connectivity index (χ0) is 13.1. The summed E-state index contributed by atoms with van der Waals surface area (Å²) >= 11 is 0. The van der Waals surface area contributed by atoms with Crippen LogP contribution in [0.3, 0.4) is 0 Å². The fourth-order valence-electron chi connectivity index (χ4n) is 2.01. The van der Waals surface area contributed by atoms with Gasteiger partial charge in [0, 0.05) is 6.04 Å². The van der Waals surface area contributed by atoms with Crippen molar-refractivity contribution in [2.45, 2.75) is 50.1 Å². The Bertz CT molecular complexity index is 322. The molecule has 1 N–H and O–H groups in total. The predicted molar refractivity (Wildman–Crippen MR) is 53.6 cm³/mol. The third-order valence-electron chi connectivity index (χ3n) is 2.84. The van der Waals surface area contributed by atoms with E-state index in [0.717, 1.165) is 25.7 Å². The summed E-state index contributed by atoms with van der Waals surface area (Å²) in [6, 6.07) is -0.394. The topological polar surface area (TPSA) is 138 Å². The number of rotatable bonds is 4. The van der Waals surface area contributed by atoms with Gasteiger partial charge < -0.3 is 34.0 Å². The quantitative estimate of drug-likeness (QED) is 0.293. The first-order chi connectivity index (χ1) is 7.71. The molecule has 102 valence electrons.